The first-order valence-corrected chi connectivity index (χ1v) is 13.5. The van der Waals surface area contributed by atoms with Gasteiger partial charge >= 0.3 is 11.9 Å². The highest BCUT2D eigenvalue weighted by Crippen LogP contribution is 2.45. The average Bonchev–Trinajstić information content (AvgIpc) is 3.32. The molecule has 0 aromatic heterocycles. The summed E-state index contributed by atoms with van der Waals surface area (Å²) in [6.07, 6.45) is 6.72. The number of carbonyl (C=O) groups excluding carboxylic acids is 3. The number of esters is 2. The summed E-state index contributed by atoms with van der Waals surface area (Å²) < 4.78 is 16.7. The second kappa shape index (κ2) is 14.9. The first-order valence-electron chi connectivity index (χ1n) is 13.5. The Balaban J connectivity index is 2.13. The minimum Gasteiger partial charge on any atom is -0.461 e. The maximum absolute atomic E-state index is 13.8. The largest absolute Gasteiger partial charge is 0.461 e. The summed E-state index contributed by atoms with van der Waals surface area (Å²) in [5, 5.41) is 3.09. The van der Waals surface area contributed by atoms with Crippen LogP contribution >= 0.6 is 0 Å². The molecule has 2 rings (SSSR count). The first-order chi connectivity index (χ1) is 17.6. The number of hydrogen-bond donors (Lipinski definition) is 1. The Kier molecular flexibility index (Phi) is 12.3. The minimum absolute atomic E-state index is 0.00506. The van der Waals surface area contributed by atoms with Crippen LogP contribution in [0.25, 0.3) is 0 Å². The SMILES string of the molecule is C=CCOC(=O)C[C@@H](COCc1ccccc1)NC(=O)C1(C[C@@H](CCC)C(=O)OC(C)(C)C)CCCC1. The van der Waals surface area contributed by atoms with E-state index in [4.69, 9.17) is 14.2 Å². The normalized spacial score (nSPS) is 16.4. The third-order valence-corrected chi connectivity index (χ3v) is 6.60. The summed E-state index contributed by atoms with van der Waals surface area (Å²) in [4.78, 5) is 39.1. The topological polar surface area (TPSA) is 90.9 Å². The predicted octanol–water partition coefficient (Wildman–Crippen LogP) is 5.52. The van der Waals surface area contributed by atoms with Crippen LogP contribution in [0.5, 0.6) is 0 Å². The molecule has 1 aliphatic carbocycles. The van der Waals surface area contributed by atoms with Crippen molar-refractivity contribution in [1.29, 1.82) is 0 Å². The summed E-state index contributed by atoms with van der Waals surface area (Å²) in [5.74, 6) is -1.14. The molecule has 7 nitrogen and oxygen atoms in total. The molecule has 1 aromatic carbocycles. The number of amides is 1. The van der Waals surface area contributed by atoms with E-state index in [1.807, 2.05) is 58.0 Å². The van der Waals surface area contributed by atoms with Gasteiger partial charge in [-0.05, 0) is 52.0 Å². The Labute approximate surface area is 222 Å². The van der Waals surface area contributed by atoms with Gasteiger partial charge in [0.1, 0.15) is 12.2 Å². The lowest BCUT2D eigenvalue weighted by molar-refractivity contribution is -0.162. The minimum atomic E-state index is -0.667. The average molecular weight is 516 g/mol. The first kappa shape index (κ1) is 30.6. The van der Waals surface area contributed by atoms with Crippen LogP contribution in [-0.4, -0.2) is 42.7 Å². The molecule has 0 saturated heterocycles. The van der Waals surface area contributed by atoms with Crippen LogP contribution in [0.15, 0.2) is 43.0 Å². The zero-order valence-electron chi connectivity index (χ0n) is 23.1. The quantitative estimate of drug-likeness (QED) is 0.244. The molecular formula is C30H45NO6. The van der Waals surface area contributed by atoms with Gasteiger partial charge < -0.3 is 19.5 Å². The van der Waals surface area contributed by atoms with E-state index in [0.29, 0.717) is 32.3 Å². The highest BCUT2D eigenvalue weighted by Gasteiger charge is 2.45. The van der Waals surface area contributed by atoms with Gasteiger partial charge in [-0.1, -0.05) is 69.2 Å². The lowest BCUT2D eigenvalue weighted by atomic mass is 9.75. The summed E-state index contributed by atoms with van der Waals surface area (Å²) in [6.45, 7) is 11.8. The highest BCUT2D eigenvalue weighted by molar-refractivity contribution is 5.85. The fourth-order valence-electron chi connectivity index (χ4n) is 4.88. The van der Waals surface area contributed by atoms with Crippen LogP contribution in [0.3, 0.4) is 0 Å². The summed E-state index contributed by atoms with van der Waals surface area (Å²) in [5.41, 5.74) is -0.241. The van der Waals surface area contributed by atoms with Crippen LogP contribution in [0.2, 0.25) is 0 Å². The predicted molar refractivity (Wildman–Crippen MR) is 144 cm³/mol. The van der Waals surface area contributed by atoms with Gasteiger partial charge in [0, 0.05) is 0 Å². The maximum atomic E-state index is 13.8. The van der Waals surface area contributed by atoms with Crippen molar-refractivity contribution in [2.24, 2.45) is 11.3 Å². The summed E-state index contributed by atoms with van der Waals surface area (Å²) >= 11 is 0. The van der Waals surface area contributed by atoms with Gasteiger partial charge in [-0.25, -0.2) is 0 Å². The summed E-state index contributed by atoms with van der Waals surface area (Å²) in [7, 11) is 0. The maximum Gasteiger partial charge on any atom is 0.309 e. The molecule has 0 spiro atoms. The molecular weight excluding hydrogens is 470 g/mol. The van der Waals surface area contributed by atoms with Crippen molar-refractivity contribution in [1.82, 2.24) is 5.32 Å². The molecule has 0 bridgehead atoms. The number of nitrogens with one attached hydrogen (secondary N) is 1. The molecule has 0 aliphatic heterocycles. The smallest absolute Gasteiger partial charge is 0.309 e. The van der Waals surface area contributed by atoms with E-state index in [9.17, 15) is 14.4 Å². The van der Waals surface area contributed by atoms with E-state index in [2.05, 4.69) is 11.9 Å². The van der Waals surface area contributed by atoms with E-state index in [0.717, 1.165) is 24.8 Å². The standard InChI is InChI=1S/C30H45NO6/c1-6-13-24(27(33)37-29(3,4)5)20-30(16-11-12-17-30)28(34)31-25(19-26(32)36-18-7-2)22-35-21-23-14-9-8-10-15-23/h7-10,14-15,24-25H,2,6,11-13,16-22H2,1,3-5H3,(H,31,34)/t24-,25+/m1/s1. The van der Waals surface area contributed by atoms with Crippen LogP contribution in [-0.2, 0) is 35.2 Å². The van der Waals surface area contributed by atoms with Crippen molar-refractivity contribution in [2.45, 2.75) is 97.3 Å². The molecule has 1 saturated carbocycles. The molecule has 1 N–H and O–H groups in total. The molecule has 7 heteroatoms. The second-order valence-electron chi connectivity index (χ2n) is 11.1. The zero-order valence-corrected chi connectivity index (χ0v) is 23.1. The van der Waals surface area contributed by atoms with Crippen molar-refractivity contribution >= 4 is 17.8 Å². The van der Waals surface area contributed by atoms with Crippen LogP contribution in [0.4, 0.5) is 0 Å². The van der Waals surface area contributed by atoms with Crippen molar-refractivity contribution in [2.75, 3.05) is 13.2 Å². The van der Waals surface area contributed by atoms with Crippen molar-refractivity contribution in [3.05, 3.63) is 48.6 Å². The van der Waals surface area contributed by atoms with Gasteiger partial charge in [0.25, 0.3) is 0 Å². The van der Waals surface area contributed by atoms with E-state index in [1.165, 1.54) is 6.08 Å². The second-order valence-corrected chi connectivity index (χ2v) is 11.1. The molecule has 1 aromatic rings. The number of carbonyl (C=O) groups is 3. The Hall–Kier alpha value is -2.67. The van der Waals surface area contributed by atoms with Crippen molar-refractivity contribution < 1.29 is 28.6 Å². The monoisotopic (exact) mass is 515 g/mol. The van der Waals surface area contributed by atoms with Crippen LogP contribution in [0, 0.1) is 11.3 Å². The number of ether oxygens (including phenoxy) is 3. The Morgan fingerprint density at radius 3 is 2.41 bits per heavy atom. The van der Waals surface area contributed by atoms with Crippen molar-refractivity contribution in [3.8, 4) is 0 Å². The number of rotatable bonds is 15. The molecule has 2 atom stereocenters. The fraction of sp³-hybridized carbons (Fsp3) is 0.633. The fourth-order valence-corrected chi connectivity index (χ4v) is 4.88. The van der Waals surface area contributed by atoms with Crippen molar-refractivity contribution in [3.63, 3.8) is 0 Å². The number of hydrogen-bond acceptors (Lipinski definition) is 6. The molecule has 1 aliphatic rings. The molecule has 1 amide bonds. The Bertz CT molecular complexity index is 870. The molecule has 0 heterocycles. The number of benzene rings is 1. The molecule has 206 valence electrons. The van der Waals surface area contributed by atoms with E-state index < -0.39 is 23.0 Å². The molecule has 0 unspecified atom stereocenters. The van der Waals surface area contributed by atoms with E-state index in [1.54, 1.807) is 0 Å². The van der Waals surface area contributed by atoms with Gasteiger partial charge in [0.2, 0.25) is 5.91 Å². The van der Waals surface area contributed by atoms with Gasteiger partial charge in [-0.3, -0.25) is 14.4 Å². The lowest BCUT2D eigenvalue weighted by Gasteiger charge is -2.34. The van der Waals surface area contributed by atoms with Crippen LogP contribution in [0.1, 0.15) is 84.6 Å². The lowest BCUT2D eigenvalue weighted by Crippen LogP contribution is -2.48. The Morgan fingerprint density at radius 1 is 1.14 bits per heavy atom. The van der Waals surface area contributed by atoms with E-state index in [-0.39, 0.29) is 37.4 Å². The van der Waals surface area contributed by atoms with Gasteiger partial charge in [-0.2, -0.15) is 0 Å². The van der Waals surface area contributed by atoms with Gasteiger partial charge in [0.05, 0.1) is 37.0 Å². The molecule has 0 radical (unpaired) electrons. The molecule has 1 fully saturated rings. The highest BCUT2D eigenvalue weighted by atomic mass is 16.6. The van der Waals surface area contributed by atoms with Gasteiger partial charge in [0.15, 0.2) is 0 Å². The van der Waals surface area contributed by atoms with E-state index >= 15 is 0 Å². The third-order valence-electron chi connectivity index (χ3n) is 6.60. The zero-order chi connectivity index (χ0) is 27.3. The van der Waals surface area contributed by atoms with Gasteiger partial charge in [-0.15, -0.1) is 0 Å². The Morgan fingerprint density at radius 2 is 1.81 bits per heavy atom. The third kappa shape index (κ3) is 10.7. The van der Waals surface area contributed by atoms with Crippen LogP contribution < -0.4 is 5.32 Å². The summed E-state index contributed by atoms with van der Waals surface area (Å²) in [6, 6.07) is 9.19. The molecule has 37 heavy (non-hydrogen) atoms.